The maximum Gasteiger partial charge on any atom is 0.254 e. The Hall–Kier alpha value is -3.38. The normalized spacial score (nSPS) is 11.1. The molecule has 33 heavy (non-hydrogen) atoms. The first kappa shape index (κ1) is 22.8. The van der Waals surface area contributed by atoms with Gasteiger partial charge in [0.05, 0.1) is 23.0 Å². The van der Waals surface area contributed by atoms with Crippen LogP contribution < -0.4 is 4.90 Å². The Bertz CT molecular complexity index is 1330. The molecule has 0 fully saturated rings. The summed E-state index contributed by atoms with van der Waals surface area (Å²) < 4.78 is 1.94. The van der Waals surface area contributed by atoms with Crippen LogP contribution in [-0.2, 0) is 13.1 Å². The molecule has 2 aromatic carbocycles. The Labute approximate surface area is 199 Å². The van der Waals surface area contributed by atoms with E-state index in [1.165, 1.54) is 0 Å². The van der Waals surface area contributed by atoms with E-state index in [0.717, 1.165) is 40.0 Å². The molecule has 0 saturated heterocycles. The molecule has 0 aliphatic heterocycles. The standard InChI is InChI=1S/C26H28ClN5O/c1-6-32-17(2)19(15-28-32)16-31(5)26(33)23-14-25(18-8-7-9-20(27)12-18)29-24-11-10-21(30(3)4)13-22(23)24/h7-15H,6,16H2,1-5H3. The fraction of sp³-hybridized carbons (Fsp3) is 0.269. The van der Waals surface area contributed by atoms with Crippen LogP contribution in [0.1, 0.15) is 28.5 Å². The van der Waals surface area contributed by atoms with Crippen LogP contribution in [0, 0.1) is 6.92 Å². The van der Waals surface area contributed by atoms with Gasteiger partial charge in [-0.3, -0.25) is 9.48 Å². The van der Waals surface area contributed by atoms with Gasteiger partial charge in [0, 0.05) is 67.1 Å². The third kappa shape index (κ3) is 4.57. The van der Waals surface area contributed by atoms with Gasteiger partial charge in [0.15, 0.2) is 0 Å². The van der Waals surface area contributed by atoms with Crippen molar-refractivity contribution >= 4 is 34.1 Å². The van der Waals surface area contributed by atoms with Gasteiger partial charge in [-0.05, 0) is 50.2 Å². The maximum atomic E-state index is 13.7. The number of pyridine rings is 1. The average Bonchev–Trinajstić information content (AvgIpc) is 3.16. The lowest BCUT2D eigenvalue weighted by atomic mass is 10.0. The molecule has 0 aliphatic rings. The molecule has 0 aliphatic carbocycles. The molecule has 0 unspecified atom stereocenters. The molecule has 2 heterocycles. The third-order valence-corrected chi connectivity index (χ3v) is 6.15. The smallest absolute Gasteiger partial charge is 0.254 e. The number of hydrogen-bond acceptors (Lipinski definition) is 4. The summed E-state index contributed by atoms with van der Waals surface area (Å²) >= 11 is 6.22. The van der Waals surface area contributed by atoms with Crippen LogP contribution >= 0.6 is 11.6 Å². The number of carbonyl (C=O) groups is 1. The van der Waals surface area contributed by atoms with Gasteiger partial charge in [-0.1, -0.05) is 23.7 Å². The number of benzene rings is 2. The van der Waals surface area contributed by atoms with E-state index >= 15 is 0 Å². The van der Waals surface area contributed by atoms with E-state index in [-0.39, 0.29) is 5.91 Å². The quantitative estimate of drug-likeness (QED) is 0.385. The fourth-order valence-electron chi connectivity index (χ4n) is 3.96. The minimum absolute atomic E-state index is 0.0646. The van der Waals surface area contributed by atoms with E-state index in [2.05, 4.69) is 12.0 Å². The largest absolute Gasteiger partial charge is 0.378 e. The molecular weight excluding hydrogens is 434 g/mol. The number of carbonyl (C=O) groups excluding carboxylic acids is 1. The second-order valence-corrected chi connectivity index (χ2v) is 8.83. The van der Waals surface area contributed by atoms with Crippen molar-refractivity contribution in [1.29, 1.82) is 0 Å². The van der Waals surface area contributed by atoms with Crippen LogP contribution in [-0.4, -0.2) is 46.7 Å². The minimum Gasteiger partial charge on any atom is -0.378 e. The maximum absolute atomic E-state index is 13.7. The summed E-state index contributed by atoms with van der Waals surface area (Å²) in [5.74, 6) is -0.0646. The molecule has 7 heteroatoms. The highest BCUT2D eigenvalue weighted by Crippen LogP contribution is 2.30. The second kappa shape index (κ2) is 9.24. The topological polar surface area (TPSA) is 54.3 Å². The number of anilines is 1. The van der Waals surface area contributed by atoms with Gasteiger partial charge in [0.2, 0.25) is 0 Å². The van der Waals surface area contributed by atoms with Crippen molar-refractivity contribution < 1.29 is 4.79 Å². The van der Waals surface area contributed by atoms with Crippen LogP contribution in [0.25, 0.3) is 22.2 Å². The number of amides is 1. The van der Waals surface area contributed by atoms with E-state index in [1.54, 1.807) is 4.90 Å². The van der Waals surface area contributed by atoms with Crippen molar-refractivity contribution in [1.82, 2.24) is 19.7 Å². The molecule has 6 nitrogen and oxygen atoms in total. The van der Waals surface area contributed by atoms with Crippen molar-refractivity contribution in [3.8, 4) is 11.3 Å². The molecule has 0 spiro atoms. The first-order valence-corrected chi connectivity index (χ1v) is 11.3. The highest BCUT2D eigenvalue weighted by Gasteiger charge is 2.20. The van der Waals surface area contributed by atoms with E-state index in [1.807, 2.05) is 92.4 Å². The monoisotopic (exact) mass is 461 g/mol. The van der Waals surface area contributed by atoms with Gasteiger partial charge in [-0.2, -0.15) is 5.10 Å². The van der Waals surface area contributed by atoms with Gasteiger partial charge in [0.25, 0.3) is 5.91 Å². The van der Waals surface area contributed by atoms with E-state index in [4.69, 9.17) is 16.6 Å². The molecule has 1 amide bonds. The number of aryl methyl sites for hydroxylation is 1. The Morgan fingerprint density at radius 2 is 1.88 bits per heavy atom. The number of fused-ring (bicyclic) bond motifs is 1. The van der Waals surface area contributed by atoms with Crippen molar-refractivity contribution in [2.24, 2.45) is 0 Å². The number of aromatic nitrogens is 3. The first-order chi connectivity index (χ1) is 15.8. The van der Waals surface area contributed by atoms with Crippen molar-refractivity contribution in [3.63, 3.8) is 0 Å². The van der Waals surface area contributed by atoms with E-state index in [9.17, 15) is 4.79 Å². The number of nitrogens with zero attached hydrogens (tertiary/aromatic N) is 5. The van der Waals surface area contributed by atoms with Crippen molar-refractivity contribution in [2.75, 3.05) is 26.0 Å². The first-order valence-electron chi connectivity index (χ1n) is 10.9. The number of rotatable bonds is 6. The van der Waals surface area contributed by atoms with Crippen LogP contribution in [0.2, 0.25) is 5.02 Å². The molecule has 0 atom stereocenters. The number of halogens is 1. The highest BCUT2D eigenvalue weighted by molar-refractivity contribution is 6.30. The highest BCUT2D eigenvalue weighted by atomic mass is 35.5. The molecule has 0 bridgehead atoms. The molecule has 0 saturated carbocycles. The summed E-state index contributed by atoms with van der Waals surface area (Å²) in [4.78, 5) is 22.3. The molecular formula is C26H28ClN5O. The summed E-state index contributed by atoms with van der Waals surface area (Å²) in [5.41, 5.74) is 6.09. The summed E-state index contributed by atoms with van der Waals surface area (Å²) in [7, 11) is 5.79. The van der Waals surface area contributed by atoms with Crippen molar-refractivity contribution in [3.05, 3.63) is 76.6 Å². The van der Waals surface area contributed by atoms with E-state index < -0.39 is 0 Å². The molecule has 2 aromatic heterocycles. The van der Waals surface area contributed by atoms with Crippen LogP contribution in [0.4, 0.5) is 5.69 Å². The third-order valence-electron chi connectivity index (χ3n) is 5.92. The molecule has 0 radical (unpaired) electrons. The average molecular weight is 462 g/mol. The Kier molecular flexibility index (Phi) is 6.38. The Morgan fingerprint density at radius 3 is 2.55 bits per heavy atom. The predicted octanol–water partition coefficient (Wildman–Crippen LogP) is 5.42. The van der Waals surface area contributed by atoms with Gasteiger partial charge < -0.3 is 9.80 Å². The van der Waals surface area contributed by atoms with Gasteiger partial charge in [0.1, 0.15) is 0 Å². The van der Waals surface area contributed by atoms with E-state index in [0.29, 0.717) is 22.8 Å². The minimum atomic E-state index is -0.0646. The lowest BCUT2D eigenvalue weighted by Crippen LogP contribution is -2.27. The summed E-state index contributed by atoms with van der Waals surface area (Å²) in [6.45, 7) is 5.37. The summed E-state index contributed by atoms with van der Waals surface area (Å²) in [6, 6.07) is 15.4. The van der Waals surface area contributed by atoms with Crippen LogP contribution in [0.15, 0.2) is 54.7 Å². The second-order valence-electron chi connectivity index (χ2n) is 8.39. The molecule has 0 N–H and O–H groups in total. The molecule has 4 aromatic rings. The zero-order chi connectivity index (χ0) is 23.7. The molecule has 170 valence electrons. The zero-order valence-electron chi connectivity index (χ0n) is 19.6. The number of hydrogen-bond donors (Lipinski definition) is 0. The van der Waals surface area contributed by atoms with Gasteiger partial charge in [-0.25, -0.2) is 4.98 Å². The predicted molar refractivity (Wildman–Crippen MR) is 135 cm³/mol. The summed E-state index contributed by atoms with van der Waals surface area (Å²) in [6.07, 6.45) is 1.84. The summed E-state index contributed by atoms with van der Waals surface area (Å²) in [5, 5.41) is 5.87. The Balaban J connectivity index is 1.81. The van der Waals surface area contributed by atoms with Gasteiger partial charge in [-0.15, -0.1) is 0 Å². The zero-order valence-corrected chi connectivity index (χ0v) is 20.4. The fourth-order valence-corrected chi connectivity index (χ4v) is 4.15. The van der Waals surface area contributed by atoms with Gasteiger partial charge >= 0.3 is 0 Å². The molecule has 4 rings (SSSR count). The van der Waals surface area contributed by atoms with Crippen LogP contribution in [0.5, 0.6) is 0 Å². The SMILES string of the molecule is CCn1ncc(CN(C)C(=O)c2cc(-c3cccc(Cl)c3)nc3ccc(N(C)C)cc23)c1C. The Morgan fingerprint density at radius 1 is 1.09 bits per heavy atom. The lowest BCUT2D eigenvalue weighted by molar-refractivity contribution is 0.0787. The lowest BCUT2D eigenvalue weighted by Gasteiger charge is -2.20. The van der Waals surface area contributed by atoms with Crippen molar-refractivity contribution in [2.45, 2.75) is 26.9 Å². The van der Waals surface area contributed by atoms with Crippen LogP contribution in [0.3, 0.4) is 0 Å².